The molecule has 0 N–H and O–H groups in total. The molecule has 3 rings (SSSR count). The molecule has 1 amide bonds. The van der Waals surface area contributed by atoms with E-state index in [1.54, 1.807) is 18.2 Å². The predicted octanol–water partition coefficient (Wildman–Crippen LogP) is 3.15. The molecule has 0 aliphatic heterocycles. The topological polar surface area (TPSA) is 112 Å². The minimum atomic E-state index is -0.636. The van der Waals surface area contributed by atoms with E-state index in [2.05, 4.69) is 4.98 Å². The lowest BCUT2D eigenvalue weighted by molar-refractivity contribution is -0.134. The number of fused-ring (bicyclic) bond motifs is 1. The average molecular weight is 415 g/mol. The number of carbonyl (C=O) groups excluding carboxylic acids is 2. The maximum Gasteiger partial charge on any atom is 0.338 e. The molecule has 0 fully saturated rings. The van der Waals surface area contributed by atoms with Crippen LogP contribution in [0.4, 0.5) is 0 Å². The third-order valence-corrected chi connectivity index (χ3v) is 4.74. The Balaban J connectivity index is 1.72. The number of amides is 1. The maximum absolute atomic E-state index is 12.5. The first kappa shape index (κ1) is 21.5. The SMILES string of the molecule is Cc1nc2cc(C(=O)OCC(=O)N(CCC#N)CCC#N)ccc2n1-c1ccccc1. The first-order chi connectivity index (χ1) is 15.0. The van der Waals surface area contributed by atoms with Crippen LogP contribution in [0, 0.1) is 29.6 Å². The van der Waals surface area contributed by atoms with E-state index in [0.29, 0.717) is 11.1 Å². The summed E-state index contributed by atoms with van der Waals surface area (Å²) in [6.45, 7) is 1.82. The lowest BCUT2D eigenvalue weighted by Gasteiger charge is -2.20. The van der Waals surface area contributed by atoms with Crippen LogP contribution in [0.2, 0.25) is 0 Å². The van der Waals surface area contributed by atoms with Crippen LogP contribution < -0.4 is 0 Å². The summed E-state index contributed by atoms with van der Waals surface area (Å²) in [6, 6.07) is 18.8. The molecule has 0 aliphatic carbocycles. The minimum absolute atomic E-state index is 0.144. The van der Waals surface area contributed by atoms with Gasteiger partial charge in [-0.1, -0.05) is 18.2 Å². The number of nitriles is 2. The fourth-order valence-electron chi connectivity index (χ4n) is 3.26. The van der Waals surface area contributed by atoms with Gasteiger partial charge in [0.2, 0.25) is 0 Å². The largest absolute Gasteiger partial charge is 0.452 e. The highest BCUT2D eigenvalue weighted by atomic mass is 16.5. The number of para-hydroxylation sites is 1. The van der Waals surface area contributed by atoms with E-state index in [0.717, 1.165) is 17.0 Å². The molecule has 8 heteroatoms. The van der Waals surface area contributed by atoms with Crippen molar-refractivity contribution in [2.45, 2.75) is 19.8 Å². The fourth-order valence-corrected chi connectivity index (χ4v) is 3.26. The van der Waals surface area contributed by atoms with E-state index in [9.17, 15) is 9.59 Å². The van der Waals surface area contributed by atoms with Crippen LogP contribution in [0.3, 0.4) is 0 Å². The first-order valence-corrected chi connectivity index (χ1v) is 9.78. The van der Waals surface area contributed by atoms with Crippen LogP contribution in [0.15, 0.2) is 48.5 Å². The lowest BCUT2D eigenvalue weighted by atomic mass is 10.2. The zero-order valence-electron chi connectivity index (χ0n) is 17.1. The molecule has 0 radical (unpaired) electrons. The number of nitrogens with zero attached hydrogens (tertiary/aromatic N) is 5. The van der Waals surface area contributed by atoms with Crippen molar-refractivity contribution in [2.24, 2.45) is 0 Å². The standard InChI is InChI=1S/C23H21N5O3/c1-17-26-20-15-18(9-10-21(20)28(17)19-7-3-2-4-8-19)23(30)31-16-22(29)27(13-5-11-24)14-6-12-25/h2-4,7-10,15H,5-6,13-14,16H2,1H3. The van der Waals surface area contributed by atoms with Gasteiger partial charge in [0.15, 0.2) is 6.61 Å². The number of aryl methyl sites for hydroxylation is 1. The van der Waals surface area contributed by atoms with Crippen molar-refractivity contribution in [3.8, 4) is 17.8 Å². The van der Waals surface area contributed by atoms with Gasteiger partial charge in [0.05, 0.1) is 41.6 Å². The van der Waals surface area contributed by atoms with Crippen molar-refractivity contribution < 1.29 is 14.3 Å². The van der Waals surface area contributed by atoms with Crippen LogP contribution in [0.5, 0.6) is 0 Å². The van der Waals surface area contributed by atoms with Crippen molar-refractivity contribution in [2.75, 3.05) is 19.7 Å². The van der Waals surface area contributed by atoms with E-state index in [1.807, 2.05) is 54.0 Å². The number of carbonyl (C=O) groups is 2. The summed E-state index contributed by atoms with van der Waals surface area (Å²) in [4.78, 5) is 30.7. The van der Waals surface area contributed by atoms with E-state index >= 15 is 0 Å². The second-order valence-corrected chi connectivity index (χ2v) is 6.81. The summed E-state index contributed by atoms with van der Waals surface area (Å²) >= 11 is 0. The number of esters is 1. The van der Waals surface area contributed by atoms with Gasteiger partial charge >= 0.3 is 5.97 Å². The molecule has 1 heterocycles. The van der Waals surface area contributed by atoms with Gasteiger partial charge < -0.3 is 9.64 Å². The number of hydrogen-bond acceptors (Lipinski definition) is 6. The molecule has 3 aromatic rings. The Morgan fingerprint density at radius 1 is 1.06 bits per heavy atom. The summed E-state index contributed by atoms with van der Waals surface area (Å²) in [5.74, 6) is -0.292. The highest BCUT2D eigenvalue weighted by Crippen LogP contribution is 2.22. The molecule has 2 aromatic carbocycles. The molecule has 0 spiro atoms. The molecule has 8 nitrogen and oxygen atoms in total. The second-order valence-electron chi connectivity index (χ2n) is 6.81. The molecule has 0 aliphatic rings. The Kier molecular flexibility index (Phi) is 6.97. The number of hydrogen-bond donors (Lipinski definition) is 0. The number of imidazole rings is 1. The Hall–Kier alpha value is -4.17. The van der Waals surface area contributed by atoms with Crippen molar-refractivity contribution in [1.29, 1.82) is 10.5 Å². The summed E-state index contributed by atoms with van der Waals surface area (Å²) in [7, 11) is 0. The summed E-state index contributed by atoms with van der Waals surface area (Å²) in [6.07, 6.45) is 0.288. The molecule has 31 heavy (non-hydrogen) atoms. The van der Waals surface area contributed by atoms with Gasteiger partial charge in [0.25, 0.3) is 5.91 Å². The van der Waals surface area contributed by atoms with Gasteiger partial charge in [-0.2, -0.15) is 10.5 Å². The van der Waals surface area contributed by atoms with Crippen LogP contribution in [-0.4, -0.2) is 46.0 Å². The number of ether oxygens (including phenoxy) is 1. The number of benzene rings is 2. The Bertz CT molecular complexity index is 1150. The lowest BCUT2D eigenvalue weighted by Crippen LogP contribution is -2.36. The van der Waals surface area contributed by atoms with Crippen molar-refractivity contribution in [3.05, 3.63) is 59.9 Å². The van der Waals surface area contributed by atoms with Gasteiger partial charge in [0.1, 0.15) is 5.82 Å². The number of rotatable bonds is 8. The molecule has 0 saturated carbocycles. The van der Waals surface area contributed by atoms with E-state index in [1.165, 1.54) is 4.90 Å². The summed E-state index contributed by atoms with van der Waals surface area (Å²) in [5, 5.41) is 17.4. The van der Waals surface area contributed by atoms with E-state index in [-0.39, 0.29) is 25.9 Å². The smallest absolute Gasteiger partial charge is 0.338 e. The highest BCUT2D eigenvalue weighted by Gasteiger charge is 2.18. The van der Waals surface area contributed by atoms with Crippen LogP contribution in [0.1, 0.15) is 29.0 Å². The third kappa shape index (κ3) is 5.06. The second kappa shape index (κ2) is 10.0. The predicted molar refractivity (Wildman–Crippen MR) is 113 cm³/mol. The fraction of sp³-hybridized carbons (Fsp3) is 0.261. The highest BCUT2D eigenvalue weighted by molar-refractivity contribution is 5.95. The summed E-state index contributed by atoms with van der Waals surface area (Å²) in [5.41, 5.74) is 2.76. The average Bonchev–Trinajstić information content (AvgIpc) is 3.12. The first-order valence-electron chi connectivity index (χ1n) is 9.78. The molecule has 1 aromatic heterocycles. The molecule has 0 saturated heterocycles. The van der Waals surface area contributed by atoms with Crippen LogP contribution >= 0.6 is 0 Å². The van der Waals surface area contributed by atoms with Crippen molar-refractivity contribution in [3.63, 3.8) is 0 Å². The monoisotopic (exact) mass is 415 g/mol. The minimum Gasteiger partial charge on any atom is -0.452 e. The Morgan fingerprint density at radius 2 is 1.74 bits per heavy atom. The van der Waals surface area contributed by atoms with Gasteiger partial charge in [-0.15, -0.1) is 0 Å². The van der Waals surface area contributed by atoms with Crippen LogP contribution in [0.25, 0.3) is 16.7 Å². The molecule has 156 valence electrons. The molecule has 0 bridgehead atoms. The zero-order chi connectivity index (χ0) is 22.2. The van der Waals surface area contributed by atoms with Gasteiger partial charge in [-0.3, -0.25) is 9.36 Å². The molecular formula is C23H21N5O3. The summed E-state index contributed by atoms with van der Waals surface area (Å²) < 4.78 is 7.17. The van der Waals surface area contributed by atoms with Crippen molar-refractivity contribution >= 4 is 22.9 Å². The molecule has 0 atom stereocenters. The van der Waals surface area contributed by atoms with Crippen molar-refractivity contribution in [1.82, 2.24) is 14.5 Å². The van der Waals surface area contributed by atoms with E-state index < -0.39 is 18.5 Å². The van der Waals surface area contributed by atoms with E-state index in [4.69, 9.17) is 15.3 Å². The van der Waals surface area contributed by atoms with Gasteiger partial charge in [-0.25, -0.2) is 9.78 Å². The Labute approximate surface area is 179 Å². The maximum atomic E-state index is 12.5. The zero-order valence-corrected chi connectivity index (χ0v) is 17.1. The normalized spacial score (nSPS) is 10.3. The van der Waals surface area contributed by atoms with Gasteiger partial charge in [-0.05, 0) is 37.3 Å². The quantitative estimate of drug-likeness (QED) is 0.523. The molecular weight excluding hydrogens is 394 g/mol. The molecule has 0 unspecified atom stereocenters. The Morgan fingerprint density at radius 3 is 2.39 bits per heavy atom. The van der Waals surface area contributed by atoms with Crippen LogP contribution in [-0.2, 0) is 9.53 Å². The number of aromatic nitrogens is 2. The van der Waals surface area contributed by atoms with Gasteiger partial charge in [0, 0.05) is 18.8 Å². The third-order valence-electron chi connectivity index (χ3n) is 4.74.